The Hall–Kier alpha value is -3.61. The van der Waals surface area contributed by atoms with E-state index >= 15 is 0 Å². The van der Waals surface area contributed by atoms with E-state index in [2.05, 4.69) is 148 Å². The Morgan fingerprint density at radius 1 is 0.745 bits per heavy atom. The van der Waals surface area contributed by atoms with Gasteiger partial charge < -0.3 is 4.90 Å². The van der Waals surface area contributed by atoms with Crippen molar-refractivity contribution in [2.24, 2.45) is 0 Å². The normalized spacial score (nSPS) is 19.0. The Morgan fingerprint density at radius 3 is 1.88 bits per heavy atom. The molecule has 2 nitrogen and oxygen atoms in total. The first kappa shape index (κ1) is 38.6. The van der Waals surface area contributed by atoms with Crippen LogP contribution >= 0.6 is 19.4 Å². The summed E-state index contributed by atoms with van der Waals surface area (Å²) < 4.78 is 61.7. The van der Waals surface area contributed by atoms with Crippen LogP contribution in [-0.4, -0.2) is 23.4 Å². The van der Waals surface area contributed by atoms with Crippen LogP contribution in [0.2, 0.25) is 0 Å². The Kier molecular flexibility index (Phi) is 10.2. The van der Waals surface area contributed by atoms with Crippen LogP contribution < -0.4 is 4.90 Å². The van der Waals surface area contributed by atoms with Gasteiger partial charge in [0.05, 0.1) is 5.41 Å². The minimum absolute atomic E-state index is 0.136. The second-order valence-corrected chi connectivity index (χ2v) is 16.8. The van der Waals surface area contributed by atoms with Gasteiger partial charge in [0.1, 0.15) is 6.54 Å². The number of anilines is 1. The molecule has 0 radical (unpaired) electrons. The summed E-state index contributed by atoms with van der Waals surface area (Å²) in [4.78, 5) is 2.53. The third-order valence-electron chi connectivity index (χ3n) is 9.78. The number of unbranched alkanes of at least 4 members (excludes halogenated alkanes) is 2. The summed E-state index contributed by atoms with van der Waals surface area (Å²) in [7, 11) is -10.7. The molecule has 4 aromatic rings. The maximum absolute atomic E-state index is 10.7. The van der Waals surface area contributed by atoms with Gasteiger partial charge in [0, 0.05) is 52.5 Å². The van der Waals surface area contributed by atoms with Crippen molar-refractivity contribution in [3.63, 3.8) is 0 Å². The monoisotopic (exact) mass is 746 g/mol. The third kappa shape index (κ3) is 8.72. The molecule has 2 aliphatic rings. The molecule has 51 heavy (non-hydrogen) atoms. The van der Waals surface area contributed by atoms with Crippen LogP contribution in [0.1, 0.15) is 78.4 Å². The molecule has 0 saturated heterocycles. The van der Waals surface area contributed by atoms with Gasteiger partial charge in [-0.15, -0.1) is 0 Å². The minimum atomic E-state index is -10.7. The van der Waals surface area contributed by atoms with Crippen molar-refractivity contribution >= 4 is 58.0 Å². The molecule has 2 heterocycles. The predicted octanol–water partition coefficient (Wildman–Crippen LogP) is 14.7. The van der Waals surface area contributed by atoms with E-state index in [9.17, 15) is 25.2 Å². The number of halogens is 7. The van der Waals surface area contributed by atoms with Gasteiger partial charge in [0.2, 0.25) is 5.69 Å². The van der Waals surface area contributed by atoms with E-state index in [0.29, 0.717) is 0 Å². The molecule has 0 bridgehead atoms. The van der Waals surface area contributed by atoms with E-state index in [1.54, 1.807) is 0 Å². The molecular weight excluding hydrogens is 701 g/mol. The fourth-order valence-corrected chi connectivity index (χ4v) is 7.68. The number of fused-ring (bicyclic) bond motifs is 6. The summed E-state index contributed by atoms with van der Waals surface area (Å²) in [5.74, 6) is 0. The van der Waals surface area contributed by atoms with Crippen LogP contribution in [0.5, 0.6) is 0 Å². The average molecular weight is 747 g/mol. The van der Waals surface area contributed by atoms with E-state index < -0.39 is 7.81 Å². The molecular formula is C41H46ClF6N2P. The van der Waals surface area contributed by atoms with Gasteiger partial charge in [0.25, 0.3) is 0 Å². The van der Waals surface area contributed by atoms with Crippen LogP contribution in [0.3, 0.4) is 0 Å². The summed E-state index contributed by atoms with van der Waals surface area (Å²) in [6.07, 6.45) is 13.3. The van der Waals surface area contributed by atoms with Crippen LogP contribution in [0.25, 0.3) is 21.5 Å². The van der Waals surface area contributed by atoms with Crippen molar-refractivity contribution in [3.05, 3.63) is 119 Å². The van der Waals surface area contributed by atoms with Crippen molar-refractivity contribution in [2.75, 3.05) is 18.0 Å². The molecule has 0 N–H and O–H groups in total. The molecule has 0 spiro atoms. The first-order valence-corrected chi connectivity index (χ1v) is 19.8. The molecule has 0 aliphatic carbocycles. The Bertz CT molecular complexity index is 2080. The van der Waals surface area contributed by atoms with Crippen molar-refractivity contribution in [3.8, 4) is 0 Å². The number of nitrogens with zero attached hydrogens (tertiary/aromatic N) is 2. The molecule has 10 heteroatoms. The van der Waals surface area contributed by atoms with Crippen LogP contribution in [0.4, 0.5) is 36.6 Å². The van der Waals surface area contributed by atoms with Crippen molar-refractivity contribution in [1.29, 1.82) is 0 Å². The van der Waals surface area contributed by atoms with E-state index in [1.165, 1.54) is 55.5 Å². The second kappa shape index (κ2) is 13.4. The summed E-state index contributed by atoms with van der Waals surface area (Å²) in [6, 6.07) is 26.7. The molecule has 0 unspecified atom stereocenters. The maximum atomic E-state index is 9.87. The molecule has 0 fully saturated rings. The van der Waals surface area contributed by atoms with Crippen molar-refractivity contribution in [2.45, 2.75) is 78.1 Å². The van der Waals surface area contributed by atoms with Gasteiger partial charge >= 0.3 is 33.0 Å². The summed E-state index contributed by atoms with van der Waals surface area (Å²) in [5, 5.41) is 6.02. The van der Waals surface area contributed by atoms with E-state index in [0.717, 1.165) is 43.8 Å². The standard InChI is InChI=1S/C41H46ClN2.F6P/c1-7-9-27-43-34-23-19-29-15-11-13-17-32(29)38(34)40(3,4)36(43)25-21-31(42)22-26-37-41(5,6)39-33-18-14-12-16-30(33)20-24-35(39)44(37)28-10-8-2;1-7(2,3,4,5)6/h11-26H,7-10,27-28H2,1-6H3;/q+1;-1. The second-order valence-electron chi connectivity index (χ2n) is 14.4. The molecule has 0 saturated carbocycles. The fraction of sp³-hybridized carbons (Fsp3) is 0.341. The molecule has 0 aromatic heterocycles. The van der Waals surface area contributed by atoms with Crippen LogP contribution in [-0.2, 0) is 10.8 Å². The topological polar surface area (TPSA) is 6.25 Å². The van der Waals surface area contributed by atoms with E-state index in [-0.39, 0.29) is 10.8 Å². The quantitative estimate of drug-likeness (QED) is 0.0715. The summed E-state index contributed by atoms with van der Waals surface area (Å²) in [6.45, 7) is 16.0. The van der Waals surface area contributed by atoms with Gasteiger partial charge in [-0.2, -0.15) is 4.58 Å². The first-order valence-electron chi connectivity index (χ1n) is 17.4. The Balaban J connectivity index is 0.000000654. The summed E-state index contributed by atoms with van der Waals surface area (Å²) >= 11 is 7.02. The summed E-state index contributed by atoms with van der Waals surface area (Å²) in [5.41, 5.74) is 7.83. The third-order valence-corrected chi connectivity index (χ3v) is 10.0. The molecule has 4 aromatic carbocycles. The zero-order valence-electron chi connectivity index (χ0n) is 30.0. The fourth-order valence-electron chi connectivity index (χ4n) is 7.56. The zero-order chi connectivity index (χ0) is 37.5. The van der Waals surface area contributed by atoms with E-state index in [4.69, 9.17) is 11.6 Å². The van der Waals surface area contributed by atoms with E-state index in [1.807, 2.05) is 0 Å². The Morgan fingerprint density at radius 2 is 1.29 bits per heavy atom. The molecule has 0 amide bonds. The number of allylic oxidation sites excluding steroid dienone is 6. The van der Waals surface area contributed by atoms with Gasteiger partial charge in [-0.05, 0) is 77.7 Å². The van der Waals surface area contributed by atoms with Crippen molar-refractivity contribution < 1.29 is 29.8 Å². The van der Waals surface area contributed by atoms with Crippen LogP contribution in [0, 0.1) is 0 Å². The molecule has 274 valence electrons. The first-order chi connectivity index (χ1) is 23.6. The number of hydrogen-bond acceptors (Lipinski definition) is 1. The van der Waals surface area contributed by atoms with Crippen molar-refractivity contribution in [1.82, 2.24) is 0 Å². The number of rotatable bonds is 9. The average Bonchev–Trinajstić information content (AvgIpc) is 3.40. The van der Waals surface area contributed by atoms with Gasteiger partial charge in [-0.25, -0.2) is 0 Å². The molecule has 2 aliphatic heterocycles. The van der Waals surface area contributed by atoms with Crippen LogP contribution in [0.15, 0.2) is 108 Å². The van der Waals surface area contributed by atoms with Gasteiger partial charge in [-0.3, -0.25) is 0 Å². The molecule has 6 rings (SSSR count). The number of hydrogen-bond donors (Lipinski definition) is 0. The van der Waals surface area contributed by atoms with Gasteiger partial charge in [-0.1, -0.05) is 107 Å². The van der Waals surface area contributed by atoms with Gasteiger partial charge in [0.15, 0.2) is 5.71 Å². The zero-order valence-corrected chi connectivity index (χ0v) is 31.6. The number of benzene rings is 4. The molecule has 0 atom stereocenters. The Labute approximate surface area is 302 Å². The predicted molar refractivity (Wildman–Crippen MR) is 206 cm³/mol. The SMILES string of the molecule is CCCCN1\C(=C/C=C(Cl)/C=C/C2=[N+](CCCC)c3ccc4ccccc4c3C2(C)C)C(C)(C)c2c1ccc1ccccc21.F[P-](F)(F)(F)(F)F.